The van der Waals surface area contributed by atoms with Gasteiger partial charge in [-0.1, -0.05) is 24.3 Å². The largest absolute Gasteiger partial charge is 0.481 e. The van der Waals surface area contributed by atoms with Gasteiger partial charge in [0.1, 0.15) is 0 Å². The molecule has 5 heteroatoms. The lowest BCUT2D eigenvalue weighted by Gasteiger charge is -2.24. The summed E-state index contributed by atoms with van der Waals surface area (Å²) in [6.45, 7) is 0. The summed E-state index contributed by atoms with van der Waals surface area (Å²) in [5.74, 6) is -2.33. The molecule has 0 spiro atoms. The molecule has 1 amide bonds. The van der Waals surface area contributed by atoms with Gasteiger partial charge in [0.2, 0.25) is 5.91 Å². The van der Waals surface area contributed by atoms with Crippen molar-refractivity contribution in [1.82, 2.24) is 0 Å². The summed E-state index contributed by atoms with van der Waals surface area (Å²) in [5, 5.41) is 11.9. The molecule has 0 heterocycles. The summed E-state index contributed by atoms with van der Waals surface area (Å²) in [6, 6.07) is 7.26. The van der Waals surface area contributed by atoms with Crippen molar-refractivity contribution in [3.63, 3.8) is 0 Å². The number of nitrogens with one attached hydrogen (secondary N) is 1. The minimum absolute atomic E-state index is 0.247. The average Bonchev–Trinajstić information content (AvgIpc) is 2.41. The number of aliphatic carboxylic acids is 1. The van der Waals surface area contributed by atoms with E-state index in [-0.39, 0.29) is 5.91 Å². The maximum atomic E-state index is 12.2. The second kappa shape index (κ2) is 6.02. The normalized spacial score (nSPS) is 21.9. The van der Waals surface area contributed by atoms with E-state index >= 15 is 0 Å². The summed E-state index contributed by atoms with van der Waals surface area (Å²) in [6.07, 6.45) is 4.56. The Kier molecular flexibility index (Phi) is 4.37. The van der Waals surface area contributed by atoms with Crippen LogP contribution < -0.4 is 5.32 Å². The molecule has 0 radical (unpaired) electrons. The van der Waals surface area contributed by atoms with Gasteiger partial charge in [0.05, 0.1) is 17.5 Å². The Morgan fingerprint density at radius 1 is 1.16 bits per heavy atom. The molecule has 0 bridgehead atoms. The molecule has 0 aromatic heterocycles. The highest BCUT2D eigenvalue weighted by molar-refractivity contribution is 9.10. The number of carboxylic acids is 1. The number of amides is 1. The van der Waals surface area contributed by atoms with Gasteiger partial charge in [-0.3, -0.25) is 9.59 Å². The molecule has 4 nitrogen and oxygen atoms in total. The van der Waals surface area contributed by atoms with E-state index in [2.05, 4.69) is 21.2 Å². The SMILES string of the molecule is O=C(O)[C@@H]1CC=CC[C@H]1C(=O)Nc1ccccc1Br. The number of benzene rings is 1. The second-order valence-corrected chi connectivity index (χ2v) is 5.32. The molecule has 0 saturated heterocycles. The number of allylic oxidation sites excluding steroid dienone is 2. The fraction of sp³-hybridized carbons (Fsp3) is 0.286. The number of para-hydroxylation sites is 1. The molecule has 19 heavy (non-hydrogen) atoms. The highest BCUT2D eigenvalue weighted by Crippen LogP contribution is 2.28. The van der Waals surface area contributed by atoms with Crippen LogP contribution in [0.2, 0.25) is 0 Å². The van der Waals surface area contributed by atoms with E-state index in [1.807, 2.05) is 30.4 Å². The van der Waals surface area contributed by atoms with E-state index in [1.165, 1.54) is 0 Å². The minimum Gasteiger partial charge on any atom is -0.481 e. The first-order valence-electron chi connectivity index (χ1n) is 6.03. The lowest BCUT2D eigenvalue weighted by Crippen LogP contribution is -2.34. The van der Waals surface area contributed by atoms with E-state index in [1.54, 1.807) is 6.07 Å². The standard InChI is InChI=1S/C14H14BrNO3/c15-11-7-3-4-8-12(11)16-13(17)9-5-1-2-6-10(9)14(18)19/h1-4,7-10H,5-6H2,(H,16,17)(H,18,19)/t9-,10-/m1/s1. The van der Waals surface area contributed by atoms with Crippen LogP contribution in [0.15, 0.2) is 40.9 Å². The van der Waals surface area contributed by atoms with Crippen molar-refractivity contribution in [2.75, 3.05) is 5.32 Å². The molecule has 0 fully saturated rings. The van der Waals surface area contributed by atoms with E-state index < -0.39 is 17.8 Å². The van der Waals surface area contributed by atoms with Gasteiger partial charge in [-0.25, -0.2) is 0 Å². The van der Waals surface area contributed by atoms with Crippen molar-refractivity contribution in [1.29, 1.82) is 0 Å². The zero-order valence-corrected chi connectivity index (χ0v) is 11.8. The van der Waals surface area contributed by atoms with Crippen LogP contribution in [0, 0.1) is 11.8 Å². The summed E-state index contributed by atoms with van der Waals surface area (Å²) in [5.41, 5.74) is 0.659. The molecule has 1 aliphatic rings. The van der Waals surface area contributed by atoms with E-state index in [0.717, 1.165) is 4.47 Å². The highest BCUT2D eigenvalue weighted by atomic mass is 79.9. The first kappa shape index (κ1) is 13.8. The van der Waals surface area contributed by atoms with Crippen LogP contribution in [0.5, 0.6) is 0 Å². The van der Waals surface area contributed by atoms with E-state index in [4.69, 9.17) is 5.11 Å². The Hall–Kier alpha value is -1.62. The molecule has 1 aromatic rings. The molecule has 2 N–H and O–H groups in total. The molecular weight excluding hydrogens is 310 g/mol. The van der Waals surface area contributed by atoms with Crippen LogP contribution in [0.25, 0.3) is 0 Å². The minimum atomic E-state index is -0.920. The average molecular weight is 324 g/mol. The quantitative estimate of drug-likeness (QED) is 0.840. The molecule has 2 atom stereocenters. The van der Waals surface area contributed by atoms with Crippen molar-refractivity contribution < 1.29 is 14.7 Å². The number of hydrogen-bond acceptors (Lipinski definition) is 2. The van der Waals surface area contributed by atoms with E-state index in [9.17, 15) is 9.59 Å². The van der Waals surface area contributed by atoms with Gasteiger partial charge in [-0.2, -0.15) is 0 Å². The van der Waals surface area contributed by atoms with Crippen molar-refractivity contribution in [2.45, 2.75) is 12.8 Å². The summed E-state index contributed by atoms with van der Waals surface area (Å²) >= 11 is 3.35. The van der Waals surface area contributed by atoms with Gasteiger partial charge in [0, 0.05) is 4.47 Å². The summed E-state index contributed by atoms with van der Waals surface area (Å²) in [4.78, 5) is 23.4. The lowest BCUT2D eigenvalue weighted by molar-refractivity contribution is -0.146. The second-order valence-electron chi connectivity index (χ2n) is 4.46. The van der Waals surface area contributed by atoms with Crippen LogP contribution in [0.1, 0.15) is 12.8 Å². The fourth-order valence-electron chi connectivity index (χ4n) is 2.16. The zero-order valence-electron chi connectivity index (χ0n) is 10.2. The molecule has 0 saturated carbocycles. The molecule has 0 unspecified atom stereocenters. The monoisotopic (exact) mass is 323 g/mol. The number of hydrogen-bond donors (Lipinski definition) is 2. The van der Waals surface area contributed by atoms with Gasteiger partial charge in [-0.05, 0) is 40.9 Å². The third-order valence-electron chi connectivity index (χ3n) is 3.22. The van der Waals surface area contributed by atoms with Crippen LogP contribution in [-0.2, 0) is 9.59 Å². The number of rotatable bonds is 3. The van der Waals surface area contributed by atoms with Gasteiger partial charge in [0.15, 0.2) is 0 Å². The van der Waals surface area contributed by atoms with Crippen molar-refractivity contribution >= 4 is 33.5 Å². The number of anilines is 1. The van der Waals surface area contributed by atoms with E-state index in [0.29, 0.717) is 18.5 Å². The molecule has 1 aromatic carbocycles. The van der Waals surface area contributed by atoms with Crippen LogP contribution in [0.3, 0.4) is 0 Å². The highest BCUT2D eigenvalue weighted by Gasteiger charge is 2.34. The summed E-state index contributed by atoms with van der Waals surface area (Å²) in [7, 11) is 0. The maximum Gasteiger partial charge on any atom is 0.307 e. The Balaban J connectivity index is 2.13. The molecule has 0 aliphatic heterocycles. The van der Waals surface area contributed by atoms with Crippen LogP contribution in [-0.4, -0.2) is 17.0 Å². The van der Waals surface area contributed by atoms with Crippen LogP contribution in [0.4, 0.5) is 5.69 Å². The Labute approximate surface area is 119 Å². The first-order chi connectivity index (χ1) is 9.09. The van der Waals surface area contributed by atoms with Gasteiger partial charge in [0.25, 0.3) is 0 Å². The third-order valence-corrected chi connectivity index (χ3v) is 3.91. The first-order valence-corrected chi connectivity index (χ1v) is 6.82. The Morgan fingerprint density at radius 2 is 1.79 bits per heavy atom. The van der Waals surface area contributed by atoms with Crippen molar-refractivity contribution in [3.05, 3.63) is 40.9 Å². The van der Waals surface area contributed by atoms with Crippen LogP contribution >= 0.6 is 15.9 Å². The maximum absolute atomic E-state index is 12.2. The van der Waals surface area contributed by atoms with Crippen molar-refractivity contribution in [3.8, 4) is 0 Å². The fourth-order valence-corrected chi connectivity index (χ4v) is 2.55. The zero-order chi connectivity index (χ0) is 13.8. The van der Waals surface area contributed by atoms with Crippen molar-refractivity contribution in [2.24, 2.45) is 11.8 Å². The summed E-state index contributed by atoms with van der Waals surface area (Å²) < 4.78 is 0.779. The lowest BCUT2D eigenvalue weighted by atomic mass is 9.82. The molecule has 100 valence electrons. The third kappa shape index (κ3) is 3.23. The smallest absolute Gasteiger partial charge is 0.307 e. The Bertz CT molecular complexity index is 527. The number of carboxylic acid groups (broad SMARTS) is 1. The molecule has 2 rings (SSSR count). The van der Waals surface area contributed by atoms with Gasteiger partial charge < -0.3 is 10.4 Å². The predicted molar refractivity (Wildman–Crippen MR) is 75.8 cm³/mol. The molecule has 1 aliphatic carbocycles. The topological polar surface area (TPSA) is 66.4 Å². The number of halogens is 1. The van der Waals surface area contributed by atoms with Gasteiger partial charge >= 0.3 is 5.97 Å². The molecular formula is C14H14BrNO3. The number of carbonyl (C=O) groups excluding carboxylic acids is 1. The Morgan fingerprint density at radius 3 is 2.42 bits per heavy atom. The number of carbonyl (C=O) groups is 2. The predicted octanol–water partition coefficient (Wildman–Crippen LogP) is 3.05. The van der Waals surface area contributed by atoms with Gasteiger partial charge in [-0.15, -0.1) is 0 Å².